The molecule has 0 aromatic heterocycles. The minimum Gasteiger partial charge on any atom is -0.324 e. The van der Waals surface area contributed by atoms with Gasteiger partial charge in [-0.2, -0.15) is 4.31 Å². The SMILES string of the molecule is O=C(CN1CCN(S(=O)(=O)C=Cc2ccccc2)CC1)Nc1ccccc1C(=O)c1ccccc1. The predicted octanol–water partition coefficient (Wildman–Crippen LogP) is 3.47. The van der Waals surface area contributed by atoms with Gasteiger partial charge >= 0.3 is 0 Å². The minimum absolute atomic E-state index is 0.113. The fourth-order valence-electron chi connectivity index (χ4n) is 3.88. The summed E-state index contributed by atoms with van der Waals surface area (Å²) in [6, 6.07) is 25.1. The van der Waals surface area contributed by atoms with Gasteiger partial charge < -0.3 is 5.32 Å². The maximum Gasteiger partial charge on any atom is 0.238 e. The number of hydrogen-bond donors (Lipinski definition) is 1. The van der Waals surface area contributed by atoms with Crippen LogP contribution in [0.4, 0.5) is 5.69 Å². The van der Waals surface area contributed by atoms with Gasteiger partial charge in [0.1, 0.15) is 0 Å². The van der Waals surface area contributed by atoms with Crippen LogP contribution in [0, 0.1) is 0 Å². The Balaban J connectivity index is 1.32. The summed E-state index contributed by atoms with van der Waals surface area (Å²) in [6.07, 6.45) is 1.59. The molecule has 0 radical (unpaired) electrons. The fraction of sp³-hybridized carbons (Fsp3) is 0.185. The molecule has 1 N–H and O–H groups in total. The smallest absolute Gasteiger partial charge is 0.238 e. The van der Waals surface area contributed by atoms with Crippen LogP contribution in [0.5, 0.6) is 0 Å². The van der Waals surface area contributed by atoms with Crippen molar-refractivity contribution in [2.75, 3.05) is 38.0 Å². The maximum absolute atomic E-state index is 12.9. The number of carbonyl (C=O) groups is 2. The molecule has 0 aliphatic carbocycles. The molecule has 0 spiro atoms. The van der Waals surface area contributed by atoms with E-state index < -0.39 is 10.0 Å². The molecule has 7 nitrogen and oxygen atoms in total. The van der Waals surface area contributed by atoms with Crippen molar-refractivity contribution in [3.63, 3.8) is 0 Å². The highest BCUT2D eigenvalue weighted by atomic mass is 32.2. The number of benzene rings is 3. The molecule has 35 heavy (non-hydrogen) atoms. The van der Waals surface area contributed by atoms with Crippen LogP contribution in [0.15, 0.2) is 90.3 Å². The van der Waals surface area contributed by atoms with Gasteiger partial charge in [0.2, 0.25) is 15.9 Å². The molecule has 8 heteroatoms. The Hall–Kier alpha value is -3.59. The first-order chi connectivity index (χ1) is 16.9. The van der Waals surface area contributed by atoms with E-state index in [2.05, 4.69) is 5.32 Å². The Bertz CT molecular complexity index is 1300. The second kappa shape index (κ2) is 11.2. The minimum atomic E-state index is -3.54. The quantitative estimate of drug-likeness (QED) is 0.490. The highest BCUT2D eigenvalue weighted by Gasteiger charge is 2.26. The van der Waals surface area contributed by atoms with Crippen molar-refractivity contribution >= 4 is 33.5 Å². The van der Waals surface area contributed by atoms with Gasteiger partial charge in [-0.1, -0.05) is 72.8 Å². The third kappa shape index (κ3) is 6.51. The molecule has 0 saturated carbocycles. The first kappa shape index (κ1) is 24.5. The molecule has 0 bridgehead atoms. The molecule has 0 unspecified atom stereocenters. The Kier molecular flexibility index (Phi) is 7.87. The van der Waals surface area contributed by atoms with Crippen molar-refractivity contribution in [3.05, 3.63) is 107 Å². The van der Waals surface area contributed by atoms with Crippen molar-refractivity contribution < 1.29 is 18.0 Å². The number of carbonyl (C=O) groups excluding carboxylic acids is 2. The van der Waals surface area contributed by atoms with E-state index in [1.165, 1.54) is 9.71 Å². The largest absolute Gasteiger partial charge is 0.324 e. The number of ketones is 1. The Morgan fingerprint density at radius 2 is 1.40 bits per heavy atom. The molecule has 3 aromatic rings. The monoisotopic (exact) mass is 489 g/mol. The summed E-state index contributed by atoms with van der Waals surface area (Å²) in [5.41, 5.74) is 2.25. The number of rotatable bonds is 8. The summed E-state index contributed by atoms with van der Waals surface area (Å²) in [7, 11) is -3.54. The molecule has 1 fully saturated rings. The topological polar surface area (TPSA) is 86.8 Å². The van der Waals surface area contributed by atoms with Gasteiger partial charge in [-0.3, -0.25) is 14.5 Å². The molecule has 1 aliphatic heterocycles. The molecule has 1 amide bonds. The van der Waals surface area contributed by atoms with Crippen LogP contribution in [-0.4, -0.2) is 62.0 Å². The number of nitrogens with one attached hydrogen (secondary N) is 1. The Morgan fingerprint density at radius 1 is 0.800 bits per heavy atom. The Morgan fingerprint density at radius 3 is 2.09 bits per heavy atom. The molecule has 1 saturated heterocycles. The molecular formula is C27H27N3O4S. The van der Waals surface area contributed by atoms with E-state index >= 15 is 0 Å². The van der Waals surface area contributed by atoms with Crippen LogP contribution in [0.1, 0.15) is 21.5 Å². The summed E-state index contributed by atoms with van der Waals surface area (Å²) < 4.78 is 26.7. The second-order valence-electron chi connectivity index (χ2n) is 8.22. The first-order valence-corrected chi connectivity index (χ1v) is 12.9. The second-order valence-corrected chi connectivity index (χ2v) is 10.0. The predicted molar refractivity (Wildman–Crippen MR) is 137 cm³/mol. The summed E-state index contributed by atoms with van der Waals surface area (Å²) in [4.78, 5) is 27.5. The molecule has 1 heterocycles. The van der Waals surface area contributed by atoms with Gasteiger partial charge in [0, 0.05) is 42.7 Å². The molecular weight excluding hydrogens is 462 g/mol. The van der Waals surface area contributed by atoms with E-state index in [0.29, 0.717) is 43.0 Å². The summed E-state index contributed by atoms with van der Waals surface area (Å²) >= 11 is 0. The van der Waals surface area contributed by atoms with Crippen molar-refractivity contribution in [2.24, 2.45) is 0 Å². The molecule has 180 valence electrons. The lowest BCUT2D eigenvalue weighted by atomic mass is 10.0. The summed E-state index contributed by atoms with van der Waals surface area (Å²) in [5, 5.41) is 4.07. The third-order valence-corrected chi connectivity index (χ3v) is 7.34. The van der Waals surface area contributed by atoms with Crippen LogP contribution in [0.25, 0.3) is 6.08 Å². The third-order valence-electron chi connectivity index (χ3n) is 5.77. The Labute approximate surface area is 205 Å². The van der Waals surface area contributed by atoms with Crippen molar-refractivity contribution in [1.82, 2.24) is 9.21 Å². The molecule has 0 atom stereocenters. The number of amides is 1. The van der Waals surface area contributed by atoms with Crippen LogP contribution < -0.4 is 5.32 Å². The van der Waals surface area contributed by atoms with Crippen molar-refractivity contribution in [1.29, 1.82) is 0 Å². The van der Waals surface area contributed by atoms with E-state index in [0.717, 1.165) is 5.56 Å². The van der Waals surface area contributed by atoms with Crippen LogP contribution in [0.2, 0.25) is 0 Å². The van der Waals surface area contributed by atoms with Gasteiger partial charge in [0.25, 0.3) is 0 Å². The number of anilines is 1. The lowest BCUT2D eigenvalue weighted by Gasteiger charge is -2.32. The van der Waals surface area contributed by atoms with Gasteiger partial charge in [-0.05, 0) is 23.8 Å². The molecule has 4 rings (SSSR count). The van der Waals surface area contributed by atoms with Crippen molar-refractivity contribution in [2.45, 2.75) is 0 Å². The zero-order valence-corrected chi connectivity index (χ0v) is 20.0. The van der Waals surface area contributed by atoms with Gasteiger partial charge in [0.15, 0.2) is 5.78 Å². The summed E-state index contributed by atoms with van der Waals surface area (Å²) in [5.74, 6) is -0.414. The number of piperazine rings is 1. The molecule has 1 aliphatic rings. The molecule has 3 aromatic carbocycles. The zero-order valence-electron chi connectivity index (χ0n) is 19.2. The number of para-hydroxylation sites is 1. The lowest BCUT2D eigenvalue weighted by molar-refractivity contribution is -0.117. The van der Waals surface area contributed by atoms with Crippen molar-refractivity contribution in [3.8, 4) is 0 Å². The lowest BCUT2D eigenvalue weighted by Crippen LogP contribution is -2.49. The highest BCUT2D eigenvalue weighted by molar-refractivity contribution is 7.92. The van der Waals surface area contributed by atoms with E-state index in [1.807, 2.05) is 41.3 Å². The van der Waals surface area contributed by atoms with E-state index in [4.69, 9.17) is 0 Å². The van der Waals surface area contributed by atoms with E-state index in [9.17, 15) is 18.0 Å². The normalized spacial score (nSPS) is 15.2. The van der Waals surface area contributed by atoms with Gasteiger partial charge in [0.05, 0.1) is 12.2 Å². The number of nitrogens with zero attached hydrogens (tertiary/aromatic N) is 2. The number of sulfonamides is 1. The number of hydrogen-bond acceptors (Lipinski definition) is 5. The maximum atomic E-state index is 12.9. The van der Waals surface area contributed by atoms with Gasteiger partial charge in [-0.25, -0.2) is 8.42 Å². The van der Waals surface area contributed by atoms with Crippen LogP contribution in [0.3, 0.4) is 0 Å². The van der Waals surface area contributed by atoms with Crippen LogP contribution in [-0.2, 0) is 14.8 Å². The van der Waals surface area contributed by atoms with Crippen LogP contribution >= 0.6 is 0 Å². The van der Waals surface area contributed by atoms with Gasteiger partial charge in [-0.15, -0.1) is 0 Å². The standard InChI is InChI=1S/C27H27N3O4S/c31-26(28-25-14-8-7-13-24(25)27(32)23-11-5-2-6-12-23)21-29-16-18-30(19-17-29)35(33,34)20-15-22-9-3-1-4-10-22/h1-15,20H,16-19,21H2,(H,28,31). The summed E-state index contributed by atoms with van der Waals surface area (Å²) in [6.45, 7) is 1.60. The highest BCUT2D eigenvalue weighted by Crippen LogP contribution is 2.19. The zero-order chi connectivity index (χ0) is 24.7. The van der Waals surface area contributed by atoms with E-state index in [1.54, 1.807) is 54.6 Å². The first-order valence-electron chi connectivity index (χ1n) is 11.4. The average Bonchev–Trinajstić information content (AvgIpc) is 2.89. The average molecular weight is 490 g/mol. The van der Waals surface area contributed by atoms with E-state index in [-0.39, 0.29) is 18.2 Å². The fourth-order valence-corrected chi connectivity index (χ4v) is 5.06.